The summed E-state index contributed by atoms with van der Waals surface area (Å²) >= 11 is 3.41. The average molecular weight is 386 g/mol. The van der Waals surface area contributed by atoms with E-state index in [1.165, 1.54) is 15.6 Å². The molecule has 0 aliphatic rings. The van der Waals surface area contributed by atoms with Crippen molar-refractivity contribution in [3.8, 4) is 30.9 Å². The first-order chi connectivity index (χ1) is 13.3. The van der Waals surface area contributed by atoms with Crippen LogP contribution in [0.5, 0.6) is 0 Å². The Kier molecular flexibility index (Phi) is 4.03. The molecule has 0 bridgehead atoms. The van der Waals surface area contributed by atoms with Gasteiger partial charge >= 0.3 is 0 Å². The number of hydrogen-bond acceptors (Lipinski definition) is 5. The molecule has 0 radical (unpaired) electrons. The van der Waals surface area contributed by atoms with Gasteiger partial charge in [0.1, 0.15) is 10.0 Å². The van der Waals surface area contributed by atoms with Crippen LogP contribution in [0.25, 0.3) is 41.7 Å². The first kappa shape index (κ1) is 16.3. The van der Waals surface area contributed by atoms with Gasteiger partial charge in [-0.05, 0) is 35.9 Å². The van der Waals surface area contributed by atoms with Crippen LogP contribution >= 0.6 is 22.7 Å². The number of hydrogen-bond donors (Lipinski definition) is 0. The Morgan fingerprint density at radius 3 is 2.52 bits per heavy atom. The van der Waals surface area contributed by atoms with Gasteiger partial charge in [-0.15, -0.1) is 22.7 Å². The molecule has 0 N–H and O–H groups in total. The fraction of sp³-hybridized carbons (Fsp3) is 0.0455. The second-order valence-electron chi connectivity index (χ2n) is 6.27. The van der Waals surface area contributed by atoms with Crippen LogP contribution in [-0.2, 0) is 0 Å². The van der Waals surface area contributed by atoms with Crippen LogP contribution in [0.2, 0.25) is 0 Å². The van der Waals surface area contributed by atoms with Crippen molar-refractivity contribution in [3.63, 3.8) is 0 Å². The van der Waals surface area contributed by atoms with E-state index in [4.69, 9.17) is 4.98 Å². The summed E-state index contributed by atoms with van der Waals surface area (Å²) < 4.78 is 0. The fourth-order valence-electron chi connectivity index (χ4n) is 3.07. The van der Waals surface area contributed by atoms with E-state index >= 15 is 0 Å². The van der Waals surface area contributed by atoms with E-state index in [1.54, 1.807) is 28.9 Å². The van der Waals surface area contributed by atoms with Crippen molar-refractivity contribution >= 4 is 33.4 Å². The number of aromatic nitrogens is 3. The van der Waals surface area contributed by atoms with Crippen LogP contribution in [0.1, 0.15) is 5.69 Å². The van der Waals surface area contributed by atoms with Gasteiger partial charge < -0.3 is 0 Å². The lowest BCUT2D eigenvalue weighted by Gasteiger charge is -2.00. The van der Waals surface area contributed by atoms with E-state index in [-0.39, 0.29) is 0 Å². The maximum absolute atomic E-state index is 4.83. The van der Waals surface area contributed by atoms with Crippen LogP contribution < -0.4 is 0 Å². The highest BCUT2D eigenvalue weighted by Gasteiger charge is 2.15. The normalized spacial score (nSPS) is 11.1. The molecule has 130 valence electrons. The number of aryl methyl sites for hydroxylation is 1. The lowest BCUT2D eigenvalue weighted by molar-refractivity contribution is 1.27. The molecule has 0 spiro atoms. The van der Waals surface area contributed by atoms with Gasteiger partial charge in [0.15, 0.2) is 0 Å². The van der Waals surface area contributed by atoms with Gasteiger partial charge in [0.25, 0.3) is 0 Å². The summed E-state index contributed by atoms with van der Waals surface area (Å²) in [5.74, 6) is 0. The highest BCUT2D eigenvalue weighted by atomic mass is 32.1. The molecule has 27 heavy (non-hydrogen) atoms. The summed E-state index contributed by atoms with van der Waals surface area (Å²) in [6.45, 7) is 2.07. The van der Waals surface area contributed by atoms with Crippen LogP contribution in [0, 0.1) is 6.92 Å². The molecule has 0 unspecified atom stereocenters. The number of benzene rings is 2. The highest BCUT2D eigenvalue weighted by Crippen LogP contribution is 2.40. The summed E-state index contributed by atoms with van der Waals surface area (Å²) in [6.07, 6.45) is 5.57. The van der Waals surface area contributed by atoms with Crippen molar-refractivity contribution in [2.75, 3.05) is 0 Å². The standard InChI is InChI=1S/C22H15N3S2/c1-14-20(19-13-24-21(26-19)18-7-4-10-23-12-18)27-22(25-14)17-9-8-15-5-2-3-6-16(15)11-17/h2-13H,1H3. The van der Waals surface area contributed by atoms with E-state index < -0.39 is 0 Å². The van der Waals surface area contributed by atoms with E-state index in [1.807, 2.05) is 24.5 Å². The molecule has 3 nitrogen and oxygen atoms in total. The molecule has 5 aromatic rings. The molecule has 0 atom stereocenters. The Labute approximate surface area is 165 Å². The lowest BCUT2D eigenvalue weighted by atomic mass is 10.1. The molecule has 0 fully saturated rings. The van der Waals surface area contributed by atoms with Gasteiger partial charge in [-0.1, -0.05) is 36.4 Å². The molecule has 0 saturated carbocycles. The Hall–Kier alpha value is -2.89. The summed E-state index contributed by atoms with van der Waals surface area (Å²) in [5, 5.41) is 4.52. The van der Waals surface area contributed by atoms with Crippen molar-refractivity contribution in [1.82, 2.24) is 15.0 Å². The molecule has 0 saturated heterocycles. The minimum atomic E-state index is 0.984. The van der Waals surface area contributed by atoms with E-state index in [0.29, 0.717) is 0 Å². The van der Waals surface area contributed by atoms with Crippen molar-refractivity contribution in [3.05, 3.63) is 78.9 Å². The van der Waals surface area contributed by atoms with Crippen molar-refractivity contribution in [2.45, 2.75) is 6.92 Å². The Balaban J connectivity index is 1.53. The molecule has 2 aromatic carbocycles. The average Bonchev–Trinajstić information content (AvgIpc) is 3.35. The second-order valence-corrected chi connectivity index (χ2v) is 8.30. The number of thiazole rings is 2. The Morgan fingerprint density at radius 2 is 1.67 bits per heavy atom. The zero-order valence-corrected chi connectivity index (χ0v) is 16.2. The zero-order chi connectivity index (χ0) is 18.2. The van der Waals surface area contributed by atoms with E-state index in [2.05, 4.69) is 59.4 Å². The van der Waals surface area contributed by atoms with Gasteiger partial charge in [-0.25, -0.2) is 9.97 Å². The Morgan fingerprint density at radius 1 is 0.778 bits per heavy atom. The SMILES string of the molecule is Cc1nc(-c2ccc3ccccc3c2)sc1-c1cnc(-c2cccnc2)s1. The molecular formula is C22H15N3S2. The zero-order valence-electron chi connectivity index (χ0n) is 14.6. The third-order valence-corrected chi connectivity index (χ3v) is 6.86. The molecule has 5 rings (SSSR count). The summed E-state index contributed by atoms with van der Waals surface area (Å²) in [4.78, 5) is 15.9. The summed E-state index contributed by atoms with van der Waals surface area (Å²) in [5.41, 5.74) is 3.25. The van der Waals surface area contributed by atoms with E-state index in [0.717, 1.165) is 31.7 Å². The number of pyridine rings is 1. The Bertz CT molecular complexity index is 1240. The molecule has 3 heterocycles. The third kappa shape index (κ3) is 3.05. The maximum Gasteiger partial charge on any atom is 0.125 e. The van der Waals surface area contributed by atoms with E-state index in [9.17, 15) is 0 Å². The van der Waals surface area contributed by atoms with Crippen LogP contribution in [0.3, 0.4) is 0 Å². The first-order valence-corrected chi connectivity index (χ1v) is 10.2. The number of rotatable bonds is 3. The molecular weight excluding hydrogens is 370 g/mol. The largest absolute Gasteiger partial charge is 0.264 e. The molecule has 5 heteroatoms. The molecule has 0 amide bonds. The third-order valence-electron chi connectivity index (χ3n) is 4.43. The lowest BCUT2D eigenvalue weighted by Crippen LogP contribution is -1.78. The van der Waals surface area contributed by atoms with Crippen LogP contribution in [-0.4, -0.2) is 15.0 Å². The quantitative estimate of drug-likeness (QED) is 0.358. The number of fused-ring (bicyclic) bond motifs is 1. The first-order valence-electron chi connectivity index (χ1n) is 8.61. The smallest absolute Gasteiger partial charge is 0.125 e. The predicted molar refractivity (Wildman–Crippen MR) is 114 cm³/mol. The van der Waals surface area contributed by atoms with Gasteiger partial charge in [0, 0.05) is 29.7 Å². The van der Waals surface area contributed by atoms with Crippen LogP contribution in [0.15, 0.2) is 73.2 Å². The van der Waals surface area contributed by atoms with Crippen LogP contribution in [0.4, 0.5) is 0 Å². The highest BCUT2D eigenvalue weighted by molar-refractivity contribution is 7.24. The number of nitrogens with zero attached hydrogens (tertiary/aromatic N) is 3. The maximum atomic E-state index is 4.83. The molecule has 3 aromatic heterocycles. The van der Waals surface area contributed by atoms with Crippen molar-refractivity contribution in [2.24, 2.45) is 0 Å². The monoisotopic (exact) mass is 385 g/mol. The summed E-state index contributed by atoms with van der Waals surface area (Å²) in [6, 6.07) is 18.9. The minimum Gasteiger partial charge on any atom is -0.264 e. The van der Waals surface area contributed by atoms with Gasteiger partial charge in [-0.2, -0.15) is 0 Å². The van der Waals surface area contributed by atoms with Crippen molar-refractivity contribution in [1.29, 1.82) is 0 Å². The van der Waals surface area contributed by atoms with Crippen molar-refractivity contribution < 1.29 is 0 Å². The molecule has 0 aliphatic carbocycles. The predicted octanol–water partition coefficient (Wildman–Crippen LogP) is 6.46. The van der Waals surface area contributed by atoms with Gasteiger partial charge in [0.05, 0.1) is 15.4 Å². The summed E-state index contributed by atoms with van der Waals surface area (Å²) in [7, 11) is 0. The fourth-order valence-corrected chi connectivity index (χ4v) is 5.19. The minimum absolute atomic E-state index is 0.984. The molecule has 0 aliphatic heterocycles. The van der Waals surface area contributed by atoms with Gasteiger partial charge in [-0.3, -0.25) is 4.98 Å². The van der Waals surface area contributed by atoms with Gasteiger partial charge in [0.2, 0.25) is 0 Å². The second kappa shape index (κ2) is 6.68. The topological polar surface area (TPSA) is 38.7 Å².